The van der Waals surface area contributed by atoms with E-state index >= 15 is 0 Å². The zero-order valence-electron chi connectivity index (χ0n) is 22.9. The van der Waals surface area contributed by atoms with Gasteiger partial charge in [0.2, 0.25) is 0 Å². The van der Waals surface area contributed by atoms with Gasteiger partial charge in [0.25, 0.3) is 0 Å². The Kier molecular flexibility index (Phi) is 14.7. The minimum atomic E-state index is 0.134. The average Bonchev–Trinajstić information content (AvgIpc) is 3.47. The maximum Gasteiger partial charge on any atom is 0.00578 e. The topological polar surface area (TPSA) is 3.24 Å². The molecule has 1 aromatic heterocycles. The highest BCUT2D eigenvalue weighted by atomic mass is 32.1. The third-order valence-electron chi connectivity index (χ3n) is 5.90. The first-order valence-corrected chi connectivity index (χ1v) is 13.2. The molecule has 1 nitrogen and oxygen atoms in total. The van der Waals surface area contributed by atoms with Crippen LogP contribution in [0.2, 0.25) is 0 Å². The fourth-order valence-electron chi connectivity index (χ4n) is 3.02. The largest absolute Gasteiger partial charge is 0.382 e. The third kappa shape index (κ3) is 11.6. The van der Waals surface area contributed by atoms with Gasteiger partial charge in [0.15, 0.2) is 0 Å². The van der Waals surface area contributed by atoms with Crippen LogP contribution in [0.4, 0.5) is 0 Å². The van der Waals surface area contributed by atoms with Gasteiger partial charge in [-0.25, -0.2) is 0 Å². The molecule has 1 aliphatic carbocycles. The number of nitrogens with zero attached hydrogens (tertiary/aromatic N) is 1. The number of aryl methyl sites for hydroxylation is 1. The Labute approximate surface area is 209 Å². The van der Waals surface area contributed by atoms with Crippen molar-refractivity contribution in [2.24, 2.45) is 5.92 Å². The van der Waals surface area contributed by atoms with Crippen LogP contribution >= 0.6 is 11.3 Å². The maximum atomic E-state index is 4.25. The lowest BCUT2D eigenvalue weighted by Crippen LogP contribution is -2.16. The Bertz CT molecular complexity index is 836. The van der Waals surface area contributed by atoms with E-state index in [0.717, 1.165) is 23.6 Å². The zero-order chi connectivity index (χ0) is 25.6. The molecular formula is C31H49NS. The minimum Gasteiger partial charge on any atom is -0.382 e. The molecule has 0 spiro atoms. The van der Waals surface area contributed by atoms with E-state index in [9.17, 15) is 0 Å². The maximum absolute atomic E-state index is 4.25. The van der Waals surface area contributed by atoms with Crippen molar-refractivity contribution in [1.29, 1.82) is 0 Å². The van der Waals surface area contributed by atoms with Crippen LogP contribution in [0.5, 0.6) is 0 Å². The highest BCUT2D eigenvalue weighted by molar-refractivity contribution is 7.08. The molecule has 1 aliphatic rings. The van der Waals surface area contributed by atoms with E-state index < -0.39 is 0 Å². The zero-order valence-corrected chi connectivity index (χ0v) is 23.7. The van der Waals surface area contributed by atoms with Crippen molar-refractivity contribution in [2.75, 3.05) is 14.1 Å². The van der Waals surface area contributed by atoms with Gasteiger partial charge < -0.3 is 4.90 Å². The predicted molar refractivity (Wildman–Crippen MR) is 154 cm³/mol. The van der Waals surface area contributed by atoms with Crippen LogP contribution in [0.1, 0.15) is 89.5 Å². The first-order chi connectivity index (χ1) is 15.5. The second-order valence-electron chi connectivity index (χ2n) is 9.38. The van der Waals surface area contributed by atoms with Crippen LogP contribution in [0, 0.1) is 12.8 Å². The van der Waals surface area contributed by atoms with Crippen molar-refractivity contribution in [3.63, 3.8) is 0 Å². The smallest absolute Gasteiger partial charge is 0.00578 e. The van der Waals surface area contributed by atoms with Crippen molar-refractivity contribution in [2.45, 2.75) is 79.6 Å². The Balaban J connectivity index is 0.000000644. The van der Waals surface area contributed by atoms with Crippen molar-refractivity contribution >= 4 is 16.9 Å². The lowest BCUT2D eigenvalue weighted by atomic mass is 9.80. The van der Waals surface area contributed by atoms with Gasteiger partial charge in [-0.15, -0.1) is 6.58 Å². The molecule has 0 atom stereocenters. The molecule has 0 saturated heterocycles. The summed E-state index contributed by atoms with van der Waals surface area (Å²) in [6.07, 6.45) is 7.41. The number of hydrogen-bond acceptors (Lipinski definition) is 2. The summed E-state index contributed by atoms with van der Waals surface area (Å²) in [7, 11) is 3.95. The molecule has 2 aromatic rings. The molecule has 0 bridgehead atoms. The van der Waals surface area contributed by atoms with E-state index in [4.69, 9.17) is 0 Å². The van der Waals surface area contributed by atoms with Gasteiger partial charge >= 0.3 is 0 Å². The molecule has 1 saturated carbocycles. The third-order valence-corrected chi connectivity index (χ3v) is 6.58. The standard InChI is InChI=1S/C19H22S.C5H11N.C5H10.C2H6/c1-6-10-19(4,5)17-7-8-18(14(2)12-17)15(3)16-9-11-20-13-16;1-5(2)6(3)4;1-2-5-3-4-5;1-2/h6-9,11-13H,1,3,10H2,2,4-5H3;1H2,2-4H3;5H,2-4H2,1H3;1-2H3. The molecule has 184 valence electrons. The van der Waals surface area contributed by atoms with Crippen molar-refractivity contribution in [3.05, 3.63) is 88.8 Å². The van der Waals surface area contributed by atoms with Crippen molar-refractivity contribution in [3.8, 4) is 0 Å². The van der Waals surface area contributed by atoms with E-state index in [2.05, 4.69) is 82.5 Å². The first kappa shape index (κ1) is 30.9. The van der Waals surface area contributed by atoms with Gasteiger partial charge in [-0.1, -0.05) is 91.3 Å². The summed E-state index contributed by atoms with van der Waals surface area (Å²) in [5.41, 5.74) is 7.44. The van der Waals surface area contributed by atoms with Gasteiger partial charge in [-0.05, 0) is 76.3 Å². The SMILES string of the molecule is C=C(C)N(C)C.C=CCC(C)(C)c1ccc(C(=C)c2ccsc2)c(C)c1.CC.CCC1CC1. The van der Waals surface area contributed by atoms with Gasteiger partial charge in [0.05, 0.1) is 0 Å². The summed E-state index contributed by atoms with van der Waals surface area (Å²) < 4.78 is 0. The lowest BCUT2D eigenvalue weighted by Gasteiger charge is -2.25. The van der Waals surface area contributed by atoms with Gasteiger partial charge in [0, 0.05) is 19.8 Å². The normalized spacial score (nSPS) is 12.0. The second-order valence-corrected chi connectivity index (χ2v) is 10.2. The van der Waals surface area contributed by atoms with Gasteiger partial charge in [0.1, 0.15) is 0 Å². The predicted octanol–water partition coefficient (Wildman–Crippen LogP) is 9.89. The van der Waals surface area contributed by atoms with Crippen LogP contribution in [0.15, 0.2) is 66.5 Å². The summed E-state index contributed by atoms with van der Waals surface area (Å²) >= 11 is 1.71. The van der Waals surface area contributed by atoms with E-state index in [0.29, 0.717) is 0 Å². The van der Waals surface area contributed by atoms with Gasteiger partial charge in [-0.2, -0.15) is 11.3 Å². The summed E-state index contributed by atoms with van der Waals surface area (Å²) in [5, 5.41) is 4.24. The molecule has 0 radical (unpaired) electrons. The van der Waals surface area contributed by atoms with Crippen LogP contribution in [-0.4, -0.2) is 19.0 Å². The molecule has 1 heterocycles. The fourth-order valence-corrected chi connectivity index (χ4v) is 3.69. The van der Waals surface area contributed by atoms with Gasteiger partial charge in [-0.3, -0.25) is 0 Å². The molecule has 0 N–H and O–H groups in total. The number of hydrogen-bond donors (Lipinski definition) is 0. The molecule has 1 aromatic carbocycles. The van der Waals surface area contributed by atoms with Crippen molar-refractivity contribution < 1.29 is 0 Å². The highest BCUT2D eigenvalue weighted by Gasteiger charge is 2.20. The minimum absolute atomic E-state index is 0.134. The summed E-state index contributed by atoms with van der Waals surface area (Å²) in [4.78, 5) is 1.97. The Morgan fingerprint density at radius 1 is 1.15 bits per heavy atom. The molecular weight excluding hydrogens is 418 g/mol. The fraction of sp³-hybridized carbons (Fsp3) is 0.484. The first-order valence-electron chi connectivity index (χ1n) is 12.3. The van der Waals surface area contributed by atoms with Crippen LogP contribution < -0.4 is 0 Å². The molecule has 0 amide bonds. The second kappa shape index (κ2) is 15.7. The summed E-state index contributed by atoms with van der Waals surface area (Å²) in [6.45, 7) is 26.7. The monoisotopic (exact) mass is 467 g/mol. The molecule has 0 aliphatic heterocycles. The quantitative estimate of drug-likeness (QED) is 0.366. The Morgan fingerprint density at radius 2 is 1.73 bits per heavy atom. The molecule has 2 heteroatoms. The molecule has 3 rings (SSSR count). The van der Waals surface area contributed by atoms with E-state index in [1.54, 1.807) is 11.3 Å². The van der Waals surface area contributed by atoms with Crippen molar-refractivity contribution in [1.82, 2.24) is 4.90 Å². The number of benzene rings is 1. The van der Waals surface area contributed by atoms with Crippen LogP contribution in [0.25, 0.3) is 5.57 Å². The number of thiophene rings is 1. The van der Waals surface area contributed by atoms with E-state index in [1.807, 2.05) is 45.8 Å². The van der Waals surface area contributed by atoms with E-state index in [-0.39, 0.29) is 5.41 Å². The Hall–Kier alpha value is -2.06. The van der Waals surface area contributed by atoms with E-state index in [1.165, 1.54) is 41.5 Å². The molecule has 0 unspecified atom stereocenters. The number of rotatable bonds is 7. The van der Waals surface area contributed by atoms with Crippen LogP contribution in [-0.2, 0) is 5.41 Å². The number of allylic oxidation sites excluding steroid dienone is 2. The Morgan fingerprint density at radius 3 is 2.06 bits per heavy atom. The summed E-state index contributed by atoms with van der Waals surface area (Å²) in [5.74, 6) is 1.13. The molecule has 33 heavy (non-hydrogen) atoms. The average molecular weight is 468 g/mol. The highest BCUT2D eigenvalue weighted by Crippen LogP contribution is 2.32. The summed E-state index contributed by atoms with van der Waals surface area (Å²) in [6, 6.07) is 8.84. The van der Waals surface area contributed by atoms with Crippen LogP contribution in [0.3, 0.4) is 0 Å². The lowest BCUT2D eigenvalue weighted by molar-refractivity contribution is 0.516. The molecule has 1 fully saturated rings.